The SMILES string of the molecule is COC[C@H]1CCN(C)C2(C1)CN(Cc1ccc3c(c1)OCO3)C2. The van der Waals surface area contributed by atoms with Crippen molar-refractivity contribution in [3.63, 3.8) is 0 Å². The minimum atomic E-state index is 0.345. The molecule has 5 heteroatoms. The van der Waals surface area contributed by atoms with Gasteiger partial charge in [0, 0.05) is 38.9 Å². The lowest BCUT2D eigenvalue weighted by molar-refractivity contribution is -0.0905. The molecular formula is C18H26N2O3. The molecule has 0 N–H and O–H groups in total. The molecule has 3 aliphatic rings. The summed E-state index contributed by atoms with van der Waals surface area (Å²) in [4.78, 5) is 5.10. The summed E-state index contributed by atoms with van der Waals surface area (Å²) in [6, 6.07) is 6.29. The molecule has 3 aliphatic heterocycles. The van der Waals surface area contributed by atoms with Gasteiger partial charge in [0.05, 0.1) is 0 Å². The van der Waals surface area contributed by atoms with Crippen molar-refractivity contribution in [1.29, 1.82) is 0 Å². The molecule has 0 radical (unpaired) electrons. The van der Waals surface area contributed by atoms with Gasteiger partial charge in [-0.3, -0.25) is 9.80 Å². The minimum absolute atomic E-state index is 0.345. The Balaban J connectivity index is 1.37. The van der Waals surface area contributed by atoms with Crippen molar-refractivity contribution in [3.8, 4) is 11.5 Å². The molecule has 0 bridgehead atoms. The number of likely N-dealkylation sites (tertiary alicyclic amines) is 2. The Morgan fingerprint density at radius 3 is 2.91 bits per heavy atom. The average molecular weight is 318 g/mol. The zero-order valence-corrected chi connectivity index (χ0v) is 14.1. The largest absolute Gasteiger partial charge is 0.454 e. The standard InChI is InChI=1S/C18H26N2O3/c1-19-6-5-15(10-21-2)8-18(19)11-20(12-18)9-14-3-4-16-17(7-14)23-13-22-16/h3-4,7,15H,5-6,8-13H2,1-2H3/t15-/m0/s1. The van der Waals surface area contributed by atoms with Gasteiger partial charge in [-0.05, 0) is 50.0 Å². The van der Waals surface area contributed by atoms with Crippen molar-refractivity contribution in [2.75, 3.05) is 47.2 Å². The third-order valence-corrected chi connectivity index (χ3v) is 5.63. The predicted molar refractivity (Wildman–Crippen MR) is 87.8 cm³/mol. The summed E-state index contributed by atoms with van der Waals surface area (Å²) in [5, 5.41) is 0. The second kappa shape index (κ2) is 5.96. The number of benzene rings is 1. The molecule has 2 fully saturated rings. The highest BCUT2D eigenvalue weighted by molar-refractivity contribution is 5.44. The van der Waals surface area contributed by atoms with Crippen LogP contribution in [-0.2, 0) is 11.3 Å². The smallest absolute Gasteiger partial charge is 0.231 e. The lowest BCUT2D eigenvalue weighted by Gasteiger charge is -2.58. The molecule has 0 aliphatic carbocycles. The summed E-state index contributed by atoms with van der Waals surface area (Å²) in [5.74, 6) is 2.46. The van der Waals surface area contributed by atoms with E-state index >= 15 is 0 Å². The van der Waals surface area contributed by atoms with E-state index in [0.29, 0.717) is 18.2 Å². The van der Waals surface area contributed by atoms with Gasteiger partial charge in [-0.1, -0.05) is 6.07 Å². The zero-order chi connectivity index (χ0) is 15.9. The third kappa shape index (κ3) is 2.82. The molecular weight excluding hydrogens is 292 g/mol. The topological polar surface area (TPSA) is 34.2 Å². The van der Waals surface area contributed by atoms with Crippen LogP contribution in [0, 0.1) is 5.92 Å². The van der Waals surface area contributed by atoms with E-state index in [1.54, 1.807) is 0 Å². The maximum Gasteiger partial charge on any atom is 0.231 e. The van der Waals surface area contributed by atoms with Gasteiger partial charge in [-0.15, -0.1) is 0 Å². The fraction of sp³-hybridized carbons (Fsp3) is 0.667. The highest BCUT2D eigenvalue weighted by atomic mass is 16.7. The van der Waals surface area contributed by atoms with Crippen molar-refractivity contribution < 1.29 is 14.2 Å². The second-order valence-electron chi connectivity index (χ2n) is 7.29. The summed E-state index contributed by atoms with van der Waals surface area (Å²) in [6.45, 7) is 5.72. The summed E-state index contributed by atoms with van der Waals surface area (Å²) in [7, 11) is 4.10. The number of likely N-dealkylation sites (N-methyl/N-ethyl adjacent to an activating group) is 1. The van der Waals surface area contributed by atoms with Gasteiger partial charge in [0.15, 0.2) is 11.5 Å². The molecule has 3 heterocycles. The number of methoxy groups -OCH3 is 1. The molecule has 5 nitrogen and oxygen atoms in total. The molecule has 0 unspecified atom stereocenters. The van der Waals surface area contributed by atoms with Gasteiger partial charge in [0.1, 0.15) is 0 Å². The molecule has 1 aromatic carbocycles. The summed E-state index contributed by atoms with van der Waals surface area (Å²) in [6.07, 6.45) is 2.52. The van der Waals surface area contributed by atoms with Crippen LogP contribution in [0.25, 0.3) is 0 Å². The number of piperidine rings is 1. The number of fused-ring (bicyclic) bond motifs is 1. The van der Waals surface area contributed by atoms with Gasteiger partial charge in [0.2, 0.25) is 6.79 Å². The van der Waals surface area contributed by atoms with Gasteiger partial charge >= 0.3 is 0 Å². The minimum Gasteiger partial charge on any atom is -0.454 e. The molecule has 1 spiro atoms. The zero-order valence-electron chi connectivity index (χ0n) is 14.1. The van der Waals surface area contributed by atoms with E-state index in [2.05, 4.69) is 29.0 Å². The van der Waals surface area contributed by atoms with E-state index in [1.807, 2.05) is 13.2 Å². The maximum absolute atomic E-state index is 5.48. The Bertz CT molecular complexity index is 571. The second-order valence-corrected chi connectivity index (χ2v) is 7.29. The van der Waals surface area contributed by atoms with E-state index in [4.69, 9.17) is 14.2 Å². The van der Waals surface area contributed by atoms with Gasteiger partial charge in [-0.25, -0.2) is 0 Å². The van der Waals surface area contributed by atoms with Crippen LogP contribution in [-0.4, -0.2) is 62.5 Å². The fourth-order valence-electron chi connectivity index (χ4n) is 4.35. The highest BCUT2D eigenvalue weighted by Gasteiger charge is 2.49. The molecule has 4 rings (SSSR count). The number of hydrogen-bond donors (Lipinski definition) is 0. The molecule has 1 aromatic rings. The van der Waals surface area contributed by atoms with E-state index < -0.39 is 0 Å². The van der Waals surface area contributed by atoms with Crippen LogP contribution < -0.4 is 9.47 Å². The van der Waals surface area contributed by atoms with Crippen molar-refractivity contribution in [2.24, 2.45) is 5.92 Å². The van der Waals surface area contributed by atoms with Crippen LogP contribution in [0.2, 0.25) is 0 Å². The van der Waals surface area contributed by atoms with E-state index in [9.17, 15) is 0 Å². The van der Waals surface area contributed by atoms with E-state index in [1.165, 1.54) is 24.9 Å². The van der Waals surface area contributed by atoms with Gasteiger partial charge in [-0.2, -0.15) is 0 Å². The van der Waals surface area contributed by atoms with Crippen molar-refractivity contribution in [3.05, 3.63) is 23.8 Å². The first-order chi connectivity index (χ1) is 11.2. The lowest BCUT2D eigenvalue weighted by atomic mass is 9.75. The van der Waals surface area contributed by atoms with Crippen LogP contribution >= 0.6 is 0 Å². The van der Waals surface area contributed by atoms with Crippen molar-refractivity contribution in [2.45, 2.75) is 24.9 Å². The first-order valence-corrected chi connectivity index (χ1v) is 8.50. The molecule has 0 aromatic heterocycles. The maximum atomic E-state index is 5.48. The molecule has 1 atom stereocenters. The summed E-state index contributed by atoms with van der Waals surface area (Å²) >= 11 is 0. The van der Waals surface area contributed by atoms with Crippen LogP contribution in [0.15, 0.2) is 18.2 Å². The van der Waals surface area contributed by atoms with E-state index in [0.717, 1.165) is 37.7 Å². The quantitative estimate of drug-likeness (QED) is 0.848. The average Bonchev–Trinajstić information content (AvgIpc) is 2.97. The van der Waals surface area contributed by atoms with Gasteiger partial charge < -0.3 is 14.2 Å². The number of rotatable bonds is 4. The van der Waals surface area contributed by atoms with E-state index in [-0.39, 0.29) is 0 Å². The lowest BCUT2D eigenvalue weighted by Crippen LogP contribution is -2.71. The van der Waals surface area contributed by atoms with Crippen LogP contribution in [0.1, 0.15) is 18.4 Å². The third-order valence-electron chi connectivity index (χ3n) is 5.63. The monoisotopic (exact) mass is 318 g/mol. The Hall–Kier alpha value is -1.30. The predicted octanol–water partition coefficient (Wildman–Crippen LogP) is 1.96. The Labute approximate surface area is 138 Å². The van der Waals surface area contributed by atoms with Crippen molar-refractivity contribution >= 4 is 0 Å². The van der Waals surface area contributed by atoms with Crippen LogP contribution in [0.5, 0.6) is 11.5 Å². The summed E-state index contributed by atoms with van der Waals surface area (Å²) < 4.78 is 16.2. The Morgan fingerprint density at radius 2 is 2.09 bits per heavy atom. The van der Waals surface area contributed by atoms with Crippen molar-refractivity contribution in [1.82, 2.24) is 9.80 Å². The molecule has 2 saturated heterocycles. The Morgan fingerprint density at radius 1 is 1.26 bits per heavy atom. The summed E-state index contributed by atoms with van der Waals surface area (Å²) in [5.41, 5.74) is 1.66. The molecule has 23 heavy (non-hydrogen) atoms. The number of nitrogens with zero attached hydrogens (tertiary/aromatic N) is 2. The first kappa shape index (κ1) is 15.2. The normalized spacial score (nSPS) is 26.4. The fourth-order valence-corrected chi connectivity index (χ4v) is 4.35. The number of hydrogen-bond acceptors (Lipinski definition) is 5. The molecule has 0 amide bonds. The molecule has 126 valence electrons. The Kier molecular flexibility index (Phi) is 3.95. The first-order valence-electron chi connectivity index (χ1n) is 8.50. The van der Waals surface area contributed by atoms with Gasteiger partial charge in [0.25, 0.3) is 0 Å². The highest BCUT2D eigenvalue weighted by Crippen LogP contribution is 2.39. The van der Waals surface area contributed by atoms with Crippen LogP contribution in [0.4, 0.5) is 0 Å². The van der Waals surface area contributed by atoms with Crippen LogP contribution in [0.3, 0.4) is 0 Å². The molecule has 0 saturated carbocycles. The number of ether oxygens (including phenoxy) is 3.